The summed E-state index contributed by atoms with van der Waals surface area (Å²) >= 11 is 0. The van der Waals surface area contributed by atoms with Crippen molar-refractivity contribution in [2.45, 2.75) is 13.8 Å². The van der Waals surface area contributed by atoms with Gasteiger partial charge in [-0.1, -0.05) is 53.6 Å². The summed E-state index contributed by atoms with van der Waals surface area (Å²) < 4.78 is 11.5. The molecule has 0 bridgehead atoms. The fourth-order valence-electron chi connectivity index (χ4n) is 3.42. The molecule has 4 amide bonds. The Bertz CT molecular complexity index is 1250. The van der Waals surface area contributed by atoms with Gasteiger partial charge in [-0.3, -0.25) is 14.9 Å². The van der Waals surface area contributed by atoms with Crippen LogP contribution in [-0.4, -0.2) is 31.1 Å². The number of hydrogen-bond acceptors (Lipinski definition) is 5. The fraction of sp³-hybridized carbons (Fsp3) is 0.148. The highest BCUT2D eigenvalue weighted by atomic mass is 16.5. The number of carbonyl (C=O) groups is 3. The summed E-state index contributed by atoms with van der Waals surface area (Å²) in [6.45, 7) is 4.50. The van der Waals surface area contributed by atoms with Crippen LogP contribution in [0, 0.1) is 13.8 Å². The quantitative estimate of drug-likeness (QED) is 0.323. The van der Waals surface area contributed by atoms with Crippen LogP contribution in [-0.2, 0) is 9.59 Å². The normalized spacial score (nSPS) is 14.8. The van der Waals surface area contributed by atoms with Crippen LogP contribution in [0.15, 0.2) is 78.4 Å². The van der Waals surface area contributed by atoms with Gasteiger partial charge in [-0.25, -0.2) is 9.69 Å². The van der Waals surface area contributed by atoms with Gasteiger partial charge in [0, 0.05) is 5.56 Å². The molecule has 0 unspecified atom stereocenters. The van der Waals surface area contributed by atoms with Crippen molar-refractivity contribution >= 4 is 29.6 Å². The summed E-state index contributed by atoms with van der Waals surface area (Å²) in [6, 6.07) is 20.9. The molecule has 0 saturated carbocycles. The minimum atomic E-state index is -0.784. The van der Waals surface area contributed by atoms with Crippen LogP contribution in [0.1, 0.15) is 16.7 Å². The van der Waals surface area contributed by atoms with Crippen molar-refractivity contribution in [1.82, 2.24) is 5.32 Å². The number of para-hydroxylation sites is 1. The van der Waals surface area contributed by atoms with Gasteiger partial charge < -0.3 is 9.47 Å². The number of anilines is 1. The molecule has 1 aliphatic rings. The molecular formula is C27H24N2O5. The van der Waals surface area contributed by atoms with E-state index in [-0.39, 0.29) is 12.2 Å². The molecule has 1 fully saturated rings. The van der Waals surface area contributed by atoms with Gasteiger partial charge in [0.1, 0.15) is 30.3 Å². The number of nitrogens with zero attached hydrogens (tertiary/aromatic N) is 1. The molecule has 172 valence electrons. The molecule has 34 heavy (non-hydrogen) atoms. The number of amides is 4. The van der Waals surface area contributed by atoms with Gasteiger partial charge in [0.15, 0.2) is 0 Å². The van der Waals surface area contributed by atoms with Crippen molar-refractivity contribution in [3.05, 3.63) is 95.1 Å². The summed E-state index contributed by atoms with van der Waals surface area (Å²) in [7, 11) is 0. The van der Waals surface area contributed by atoms with E-state index in [1.54, 1.807) is 48.5 Å². The summed E-state index contributed by atoms with van der Waals surface area (Å²) in [5.74, 6) is -0.220. The second kappa shape index (κ2) is 10.0. The Morgan fingerprint density at radius 3 is 2.12 bits per heavy atom. The number of urea groups is 1. The van der Waals surface area contributed by atoms with Gasteiger partial charge in [-0.2, -0.15) is 0 Å². The third kappa shape index (κ3) is 5.15. The average Bonchev–Trinajstić information content (AvgIpc) is 2.82. The number of rotatable bonds is 7. The molecule has 7 heteroatoms. The van der Waals surface area contributed by atoms with Crippen molar-refractivity contribution < 1.29 is 23.9 Å². The van der Waals surface area contributed by atoms with E-state index in [0.717, 1.165) is 21.8 Å². The van der Waals surface area contributed by atoms with E-state index < -0.39 is 17.8 Å². The van der Waals surface area contributed by atoms with Crippen molar-refractivity contribution in [2.75, 3.05) is 18.1 Å². The number of hydrogen-bond donors (Lipinski definition) is 1. The molecule has 0 aliphatic carbocycles. The predicted molar refractivity (Wildman–Crippen MR) is 129 cm³/mol. The summed E-state index contributed by atoms with van der Waals surface area (Å²) in [5, 5.41) is 2.24. The second-order valence-electron chi connectivity index (χ2n) is 7.84. The number of carbonyl (C=O) groups excluding carboxylic acids is 3. The average molecular weight is 456 g/mol. The van der Waals surface area contributed by atoms with E-state index in [2.05, 4.69) is 5.32 Å². The summed E-state index contributed by atoms with van der Waals surface area (Å²) in [6.07, 6.45) is 1.43. The summed E-state index contributed by atoms with van der Waals surface area (Å²) in [4.78, 5) is 38.9. The van der Waals surface area contributed by atoms with Gasteiger partial charge in [-0.15, -0.1) is 0 Å². The number of benzene rings is 3. The van der Waals surface area contributed by atoms with Crippen molar-refractivity contribution in [3.8, 4) is 11.5 Å². The largest absolute Gasteiger partial charge is 0.490 e. The standard InChI is InChI=1S/C27H24N2O5/c1-18-7-11-21(12-8-18)29-26(31)23(25(30)28-27(29)32)17-20-5-3-4-6-24(20)34-16-15-33-22-13-9-19(2)10-14-22/h3-14,17H,15-16H2,1-2H3,(H,28,30,32)/b23-17-. The van der Waals surface area contributed by atoms with Crippen molar-refractivity contribution in [3.63, 3.8) is 0 Å². The summed E-state index contributed by atoms with van der Waals surface area (Å²) in [5.41, 5.74) is 2.89. The maximum atomic E-state index is 13.1. The topological polar surface area (TPSA) is 84.9 Å². The zero-order valence-electron chi connectivity index (χ0n) is 18.9. The number of ether oxygens (including phenoxy) is 2. The molecule has 4 rings (SSSR count). The lowest BCUT2D eigenvalue weighted by atomic mass is 10.1. The Balaban J connectivity index is 1.50. The van der Waals surface area contributed by atoms with Crippen molar-refractivity contribution in [1.29, 1.82) is 0 Å². The predicted octanol–water partition coefficient (Wildman–Crippen LogP) is 4.43. The van der Waals surface area contributed by atoms with Gasteiger partial charge in [-0.05, 0) is 50.3 Å². The lowest BCUT2D eigenvalue weighted by Gasteiger charge is -2.26. The van der Waals surface area contributed by atoms with Gasteiger partial charge in [0.05, 0.1) is 5.69 Å². The third-order valence-corrected chi connectivity index (χ3v) is 5.24. The molecule has 0 aromatic heterocycles. The molecule has 1 saturated heterocycles. The highest BCUT2D eigenvalue weighted by Crippen LogP contribution is 2.25. The monoisotopic (exact) mass is 456 g/mol. The van der Waals surface area contributed by atoms with Gasteiger partial charge >= 0.3 is 6.03 Å². The molecule has 3 aromatic carbocycles. The lowest BCUT2D eigenvalue weighted by molar-refractivity contribution is -0.122. The first kappa shape index (κ1) is 22.8. The first-order valence-corrected chi connectivity index (χ1v) is 10.8. The number of aryl methyl sites for hydroxylation is 2. The number of barbiturate groups is 1. The first-order chi connectivity index (χ1) is 16.4. The van der Waals surface area contributed by atoms with E-state index in [1.807, 2.05) is 38.1 Å². The second-order valence-corrected chi connectivity index (χ2v) is 7.84. The van der Waals surface area contributed by atoms with Crippen LogP contribution < -0.4 is 19.7 Å². The SMILES string of the molecule is Cc1ccc(OCCOc2ccccc2/C=C2/C(=O)NC(=O)N(c3ccc(C)cc3)C2=O)cc1. The highest BCUT2D eigenvalue weighted by molar-refractivity contribution is 6.39. The van der Waals surface area contributed by atoms with Gasteiger partial charge in [0.2, 0.25) is 0 Å². The molecule has 1 aliphatic heterocycles. The van der Waals surface area contributed by atoms with Crippen LogP contribution in [0.4, 0.5) is 10.5 Å². The van der Waals surface area contributed by atoms with Crippen LogP contribution in [0.2, 0.25) is 0 Å². The van der Waals surface area contributed by atoms with Crippen LogP contribution in [0.3, 0.4) is 0 Å². The van der Waals surface area contributed by atoms with Crippen LogP contribution in [0.5, 0.6) is 11.5 Å². The van der Waals surface area contributed by atoms with Crippen LogP contribution >= 0.6 is 0 Å². The maximum absolute atomic E-state index is 13.1. The Hall–Kier alpha value is -4.39. The van der Waals surface area contributed by atoms with Crippen molar-refractivity contribution in [2.24, 2.45) is 0 Å². The first-order valence-electron chi connectivity index (χ1n) is 10.8. The molecular weight excluding hydrogens is 432 g/mol. The molecule has 1 heterocycles. The number of imide groups is 2. The molecule has 0 radical (unpaired) electrons. The minimum absolute atomic E-state index is 0.160. The lowest BCUT2D eigenvalue weighted by Crippen LogP contribution is -2.54. The molecule has 0 atom stereocenters. The van der Waals surface area contributed by atoms with Crippen LogP contribution in [0.25, 0.3) is 6.08 Å². The minimum Gasteiger partial charge on any atom is -0.490 e. The van der Waals surface area contributed by atoms with Gasteiger partial charge in [0.25, 0.3) is 11.8 Å². The van der Waals surface area contributed by atoms with E-state index >= 15 is 0 Å². The van der Waals surface area contributed by atoms with E-state index in [4.69, 9.17) is 9.47 Å². The molecule has 3 aromatic rings. The van der Waals surface area contributed by atoms with E-state index in [9.17, 15) is 14.4 Å². The fourth-order valence-corrected chi connectivity index (χ4v) is 3.42. The maximum Gasteiger partial charge on any atom is 0.335 e. The number of nitrogens with one attached hydrogen (secondary N) is 1. The molecule has 7 nitrogen and oxygen atoms in total. The Morgan fingerprint density at radius 2 is 1.41 bits per heavy atom. The smallest absolute Gasteiger partial charge is 0.335 e. The highest BCUT2D eigenvalue weighted by Gasteiger charge is 2.36. The Labute approximate surface area is 197 Å². The molecule has 0 spiro atoms. The van der Waals surface area contributed by atoms with E-state index in [0.29, 0.717) is 23.6 Å². The molecule has 1 N–H and O–H groups in total. The zero-order chi connectivity index (χ0) is 24.1. The third-order valence-electron chi connectivity index (χ3n) is 5.24. The Morgan fingerprint density at radius 1 is 0.794 bits per heavy atom. The Kier molecular flexibility index (Phi) is 6.73. The van der Waals surface area contributed by atoms with E-state index in [1.165, 1.54) is 6.08 Å². The zero-order valence-corrected chi connectivity index (χ0v) is 18.9.